The van der Waals surface area contributed by atoms with Gasteiger partial charge in [-0.3, -0.25) is 4.79 Å². The lowest BCUT2D eigenvalue weighted by Crippen LogP contribution is -2.34. The number of methoxy groups -OCH3 is 1. The summed E-state index contributed by atoms with van der Waals surface area (Å²) in [5, 5.41) is 12.9. The molecule has 1 aromatic carbocycles. The van der Waals surface area contributed by atoms with Crippen LogP contribution in [0.2, 0.25) is 0 Å². The second-order valence-corrected chi connectivity index (χ2v) is 4.86. The number of hydrogen-bond acceptors (Lipinski definition) is 5. The van der Waals surface area contributed by atoms with Gasteiger partial charge in [0.05, 0.1) is 7.11 Å². The zero-order chi connectivity index (χ0) is 15.7. The molecule has 0 heterocycles. The van der Waals surface area contributed by atoms with Gasteiger partial charge in [-0.2, -0.15) is 0 Å². The Balaban J connectivity index is 2.22. The van der Waals surface area contributed by atoms with E-state index in [1.54, 1.807) is 38.2 Å². The molecule has 0 spiro atoms. The molecule has 0 saturated carbocycles. The van der Waals surface area contributed by atoms with Gasteiger partial charge in [-0.05, 0) is 12.1 Å². The number of carbonyl (C=O) groups excluding carboxylic acids is 1. The Morgan fingerprint density at radius 3 is 2.62 bits per heavy atom. The van der Waals surface area contributed by atoms with Gasteiger partial charge in [-0.1, -0.05) is 12.1 Å². The molecule has 118 valence electrons. The van der Waals surface area contributed by atoms with E-state index in [4.69, 9.17) is 9.47 Å². The molecule has 0 bridgehead atoms. The second kappa shape index (κ2) is 9.20. The highest BCUT2D eigenvalue weighted by molar-refractivity contribution is 5.75. The van der Waals surface area contributed by atoms with Crippen LogP contribution in [0.3, 0.4) is 0 Å². The Morgan fingerprint density at radius 1 is 1.33 bits per heavy atom. The molecule has 0 radical (unpaired) electrons. The van der Waals surface area contributed by atoms with E-state index in [9.17, 15) is 9.90 Å². The summed E-state index contributed by atoms with van der Waals surface area (Å²) in [5.41, 5.74) is 0. The van der Waals surface area contributed by atoms with E-state index in [1.807, 2.05) is 12.1 Å². The maximum Gasteiger partial charge on any atom is 0.223 e. The maximum absolute atomic E-state index is 11.4. The van der Waals surface area contributed by atoms with Crippen molar-refractivity contribution < 1.29 is 19.4 Å². The number of amides is 1. The highest BCUT2D eigenvalue weighted by atomic mass is 16.5. The van der Waals surface area contributed by atoms with Crippen LogP contribution in [-0.4, -0.2) is 62.9 Å². The van der Waals surface area contributed by atoms with Crippen LogP contribution in [0.1, 0.15) is 6.42 Å². The van der Waals surface area contributed by atoms with Crippen LogP contribution in [0.25, 0.3) is 0 Å². The minimum Gasteiger partial charge on any atom is -0.493 e. The highest BCUT2D eigenvalue weighted by Crippen LogP contribution is 2.25. The maximum atomic E-state index is 11.4. The van der Waals surface area contributed by atoms with E-state index in [0.29, 0.717) is 31.0 Å². The second-order valence-electron chi connectivity index (χ2n) is 4.86. The lowest BCUT2D eigenvalue weighted by Gasteiger charge is -2.15. The fraction of sp³-hybridized carbons (Fsp3) is 0.533. The molecule has 21 heavy (non-hydrogen) atoms. The number of nitrogens with one attached hydrogen (secondary N) is 1. The first-order chi connectivity index (χ1) is 10.0. The zero-order valence-corrected chi connectivity index (χ0v) is 12.8. The smallest absolute Gasteiger partial charge is 0.223 e. The Hall–Kier alpha value is -1.79. The van der Waals surface area contributed by atoms with Gasteiger partial charge in [0.15, 0.2) is 11.5 Å². The van der Waals surface area contributed by atoms with Crippen molar-refractivity contribution in [2.45, 2.75) is 12.5 Å². The van der Waals surface area contributed by atoms with Crippen LogP contribution >= 0.6 is 0 Å². The first-order valence-corrected chi connectivity index (χ1v) is 6.89. The first-order valence-electron chi connectivity index (χ1n) is 6.89. The number of carbonyl (C=O) groups is 1. The first kappa shape index (κ1) is 17.3. The summed E-state index contributed by atoms with van der Waals surface area (Å²) in [6.07, 6.45) is -0.239. The SMILES string of the molecule is COc1ccccc1OCC(O)CNCCC(=O)N(C)C. The number of aliphatic hydroxyl groups excluding tert-OH is 1. The molecule has 2 N–H and O–H groups in total. The molecule has 6 heteroatoms. The van der Waals surface area contributed by atoms with Crippen molar-refractivity contribution in [3.63, 3.8) is 0 Å². The average molecular weight is 296 g/mol. The van der Waals surface area contributed by atoms with Crippen LogP contribution < -0.4 is 14.8 Å². The Labute approximate surface area is 125 Å². The van der Waals surface area contributed by atoms with Gasteiger partial charge in [-0.25, -0.2) is 0 Å². The van der Waals surface area contributed by atoms with Crippen molar-refractivity contribution in [1.29, 1.82) is 0 Å². The van der Waals surface area contributed by atoms with Gasteiger partial charge >= 0.3 is 0 Å². The summed E-state index contributed by atoms with van der Waals surface area (Å²) in [6, 6.07) is 7.28. The molecule has 1 aromatic rings. The molecule has 0 fully saturated rings. The molecule has 1 rings (SSSR count). The normalized spacial score (nSPS) is 11.8. The Kier molecular flexibility index (Phi) is 7.56. The largest absolute Gasteiger partial charge is 0.493 e. The van der Waals surface area contributed by atoms with Crippen LogP contribution in [0.5, 0.6) is 11.5 Å². The number of hydrogen-bond donors (Lipinski definition) is 2. The fourth-order valence-electron chi connectivity index (χ4n) is 1.67. The fourth-order valence-corrected chi connectivity index (χ4v) is 1.67. The van der Waals surface area contributed by atoms with Gasteiger partial charge in [0.2, 0.25) is 5.91 Å². The number of aliphatic hydroxyl groups is 1. The molecule has 0 aliphatic carbocycles. The van der Waals surface area contributed by atoms with Crippen molar-refractivity contribution in [3.05, 3.63) is 24.3 Å². The summed E-state index contributed by atoms with van der Waals surface area (Å²) < 4.78 is 10.7. The topological polar surface area (TPSA) is 71.0 Å². The molecule has 0 aromatic heterocycles. The van der Waals surface area contributed by atoms with Crippen LogP contribution in [0, 0.1) is 0 Å². The van der Waals surface area contributed by atoms with Crippen molar-refractivity contribution in [1.82, 2.24) is 10.2 Å². The van der Waals surface area contributed by atoms with E-state index in [1.165, 1.54) is 0 Å². The Morgan fingerprint density at radius 2 is 2.00 bits per heavy atom. The van der Waals surface area contributed by atoms with Crippen molar-refractivity contribution in [3.8, 4) is 11.5 Å². The number of nitrogens with zero attached hydrogens (tertiary/aromatic N) is 1. The quantitative estimate of drug-likeness (QED) is 0.650. The van der Waals surface area contributed by atoms with E-state index in [2.05, 4.69) is 5.32 Å². The molecule has 6 nitrogen and oxygen atoms in total. The lowest BCUT2D eigenvalue weighted by molar-refractivity contribution is -0.128. The molecule has 0 saturated heterocycles. The summed E-state index contributed by atoms with van der Waals surface area (Å²) in [7, 11) is 5.01. The predicted molar refractivity (Wildman–Crippen MR) is 80.7 cm³/mol. The minimum atomic E-state index is -0.649. The third-order valence-electron chi connectivity index (χ3n) is 2.89. The average Bonchev–Trinajstić information content (AvgIpc) is 2.49. The predicted octanol–water partition coefficient (Wildman–Crippen LogP) is 0.503. The van der Waals surface area contributed by atoms with E-state index in [0.717, 1.165) is 0 Å². The van der Waals surface area contributed by atoms with Gasteiger partial charge in [0.1, 0.15) is 12.7 Å². The molecule has 1 amide bonds. The van der Waals surface area contributed by atoms with Crippen molar-refractivity contribution in [2.75, 3.05) is 40.9 Å². The number of ether oxygens (including phenoxy) is 2. The zero-order valence-electron chi connectivity index (χ0n) is 12.8. The standard InChI is InChI=1S/C15H24N2O4/c1-17(2)15(19)8-9-16-10-12(18)11-21-14-7-5-4-6-13(14)20-3/h4-7,12,16,18H,8-11H2,1-3H3. The summed E-state index contributed by atoms with van der Waals surface area (Å²) in [4.78, 5) is 12.9. The number of benzene rings is 1. The summed E-state index contributed by atoms with van der Waals surface area (Å²) in [6.45, 7) is 1.06. The molecule has 0 aliphatic heterocycles. The third kappa shape index (κ3) is 6.46. The van der Waals surface area contributed by atoms with Gasteiger partial charge in [-0.15, -0.1) is 0 Å². The van der Waals surface area contributed by atoms with Crippen molar-refractivity contribution in [2.24, 2.45) is 0 Å². The van der Waals surface area contributed by atoms with Crippen molar-refractivity contribution >= 4 is 5.91 Å². The summed E-state index contributed by atoms with van der Waals surface area (Å²) in [5.74, 6) is 1.29. The summed E-state index contributed by atoms with van der Waals surface area (Å²) >= 11 is 0. The third-order valence-corrected chi connectivity index (χ3v) is 2.89. The van der Waals surface area contributed by atoms with E-state index >= 15 is 0 Å². The molecular weight excluding hydrogens is 272 g/mol. The molecule has 1 unspecified atom stereocenters. The van der Waals surface area contributed by atoms with Gasteiger partial charge in [0, 0.05) is 33.6 Å². The lowest BCUT2D eigenvalue weighted by atomic mass is 10.3. The molecule has 0 aliphatic rings. The van der Waals surface area contributed by atoms with E-state index < -0.39 is 6.10 Å². The monoisotopic (exact) mass is 296 g/mol. The Bertz CT molecular complexity index is 437. The van der Waals surface area contributed by atoms with Crippen LogP contribution in [-0.2, 0) is 4.79 Å². The highest BCUT2D eigenvalue weighted by Gasteiger charge is 2.09. The van der Waals surface area contributed by atoms with Gasteiger partial charge in [0.25, 0.3) is 0 Å². The molecular formula is C15H24N2O4. The molecule has 1 atom stereocenters. The van der Waals surface area contributed by atoms with Gasteiger partial charge < -0.3 is 24.8 Å². The number of rotatable bonds is 9. The van der Waals surface area contributed by atoms with Crippen LogP contribution in [0.4, 0.5) is 0 Å². The minimum absolute atomic E-state index is 0.0576. The van der Waals surface area contributed by atoms with E-state index in [-0.39, 0.29) is 12.5 Å². The van der Waals surface area contributed by atoms with Crippen LogP contribution in [0.15, 0.2) is 24.3 Å². The number of para-hydroxylation sites is 2.